The summed E-state index contributed by atoms with van der Waals surface area (Å²) >= 11 is 0. The van der Waals surface area contributed by atoms with Crippen LogP contribution in [0.15, 0.2) is 12.2 Å². The van der Waals surface area contributed by atoms with E-state index in [1.165, 1.54) is 0 Å². The molecule has 0 heterocycles. The second-order valence-corrected chi connectivity index (χ2v) is 0.993. The third kappa shape index (κ3) is 5.23. The first-order valence-corrected chi connectivity index (χ1v) is 2.15. The number of hydrogen-bond acceptors (Lipinski definition) is 0. The van der Waals surface area contributed by atoms with Gasteiger partial charge >= 0.3 is 44.2 Å². The van der Waals surface area contributed by atoms with Crippen LogP contribution in [-0.4, -0.2) is 13.4 Å². The average molecular weight is 89.9 g/mol. The molecule has 1 heteroatoms. The van der Waals surface area contributed by atoms with Gasteiger partial charge in [-0.3, -0.25) is 0 Å². The summed E-state index contributed by atoms with van der Waals surface area (Å²) in [4.78, 5) is 0. The van der Waals surface area contributed by atoms with Crippen molar-refractivity contribution in [3.8, 4) is 11.7 Å². The Morgan fingerprint density at radius 1 is 1.71 bits per heavy atom. The fourth-order valence-corrected chi connectivity index (χ4v) is 0.190. The van der Waals surface area contributed by atoms with E-state index in [1.807, 2.05) is 13.0 Å². The average Bonchev–Trinajstić information content (AvgIpc) is 1.69. The molecule has 7 heavy (non-hydrogen) atoms. The molecule has 0 aromatic heterocycles. The minimum absolute atomic E-state index is 1.57. The summed E-state index contributed by atoms with van der Waals surface area (Å²) < 4.78 is 0. The molecule has 0 aliphatic carbocycles. The first kappa shape index (κ1) is 6.23. The van der Waals surface area contributed by atoms with Crippen LogP contribution in [0.4, 0.5) is 0 Å². The summed E-state index contributed by atoms with van der Waals surface area (Å²) in [6.07, 6.45) is 3.66. The minimum atomic E-state index is 1.57. The SMILES string of the molecule is C=BC#CC=CC. The van der Waals surface area contributed by atoms with Crippen molar-refractivity contribution in [2.75, 3.05) is 0 Å². The van der Waals surface area contributed by atoms with Gasteiger partial charge in [-0.1, -0.05) is 0 Å². The van der Waals surface area contributed by atoms with Gasteiger partial charge < -0.3 is 0 Å². The molecule has 0 saturated heterocycles. The number of hydrogen-bond donors (Lipinski definition) is 0. The maximum atomic E-state index is 3.42. The van der Waals surface area contributed by atoms with Gasteiger partial charge in [0.15, 0.2) is 0 Å². The van der Waals surface area contributed by atoms with E-state index in [2.05, 4.69) is 18.2 Å². The van der Waals surface area contributed by atoms with Gasteiger partial charge in [-0.2, -0.15) is 0 Å². The van der Waals surface area contributed by atoms with Gasteiger partial charge in [0.2, 0.25) is 0 Å². The van der Waals surface area contributed by atoms with Crippen LogP contribution in [0.1, 0.15) is 6.92 Å². The zero-order valence-corrected chi connectivity index (χ0v) is 4.44. The number of allylic oxidation sites excluding steroid dienone is 2. The van der Waals surface area contributed by atoms with Gasteiger partial charge in [0, 0.05) is 0 Å². The van der Waals surface area contributed by atoms with Crippen LogP contribution < -0.4 is 0 Å². The normalized spacial score (nSPS) is 7.00. The molecule has 0 radical (unpaired) electrons. The van der Waals surface area contributed by atoms with Crippen LogP contribution >= 0.6 is 0 Å². The molecule has 0 N–H and O–H groups in total. The second-order valence-electron chi connectivity index (χ2n) is 0.993. The Bertz CT molecular complexity index is 123. The summed E-state index contributed by atoms with van der Waals surface area (Å²) in [7, 11) is 0. The fourth-order valence-electron chi connectivity index (χ4n) is 0.190. The van der Waals surface area contributed by atoms with Crippen LogP contribution in [0.2, 0.25) is 0 Å². The zero-order chi connectivity index (χ0) is 5.54. The van der Waals surface area contributed by atoms with E-state index in [1.54, 1.807) is 13.0 Å². The van der Waals surface area contributed by atoms with E-state index in [4.69, 9.17) is 0 Å². The molecule has 0 nitrogen and oxygen atoms in total. The second kappa shape index (κ2) is 5.23. The summed E-state index contributed by atoms with van der Waals surface area (Å²) in [6, 6.07) is 0. The quantitative estimate of drug-likeness (QED) is 0.302. The summed E-state index contributed by atoms with van der Waals surface area (Å²) in [5.41, 5.74) is 0. The van der Waals surface area contributed by atoms with Gasteiger partial charge in [0.1, 0.15) is 0 Å². The van der Waals surface area contributed by atoms with Crippen molar-refractivity contribution in [3.63, 3.8) is 0 Å². The third-order valence-corrected chi connectivity index (χ3v) is 0.435. The van der Waals surface area contributed by atoms with E-state index in [0.29, 0.717) is 0 Å². The van der Waals surface area contributed by atoms with E-state index >= 15 is 0 Å². The molecule has 0 aromatic carbocycles. The molecular weight excluding hydrogens is 82.9 g/mol. The van der Waals surface area contributed by atoms with Gasteiger partial charge in [0.05, 0.1) is 0 Å². The molecule has 0 amide bonds. The molecular formula is C6H7B. The van der Waals surface area contributed by atoms with E-state index < -0.39 is 0 Å². The fraction of sp³-hybridized carbons (Fsp3) is 0.167. The van der Waals surface area contributed by atoms with E-state index in [9.17, 15) is 0 Å². The molecule has 0 bridgehead atoms. The van der Waals surface area contributed by atoms with Gasteiger partial charge in [-0.05, 0) is 0 Å². The van der Waals surface area contributed by atoms with Crippen molar-refractivity contribution >= 4 is 13.4 Å². The van der Waals surface area contributed by atoms with Crippen molar-refractivity contribution in [2.24, 2.45) is 0 Å². The van der Waals surface area contributed by atoms with Crippen molar-refractivity contribution in [2.45, 2.75) is 6.92 Å². The Kier molecular flexibility index (Phi) is 4.66. The van der Waals surface area contributed by atoms with Gasteiger partial charge in [-0.25, -0.2) is 0 Å². The van der Waals surface area contributed by atoms with Crippen molar-refractivity contribution < 1.29 is 0 Å². The zero-order valence-electron chi connectivity index (χ0n) is 4.44. The molecule has 0 spiro atoms. The summed E-state index contributed by atoms with van der Waals surface area (Å²) in [5, 5.41) is 0. The van der Waals surface area contributed by atoms with Crippen molar-refractivity contribution in [1.29, 1.82) is 0 Å². The summed E-state index contributed by atoms with van der Waals surface area (Å²) in [6.45, 7) is 6.92. The molecule has 0 rings (SSSR count). The first-order chi connectivity index (χ1) is 3.41. The molecule has 34 valence electrons. The van der Waals surface area contributed by atoms with Crippen molar-refractivity contribution in [1.82, 2.24) is 0 Å². The van der Waals surface area contributed by atoms with Crippen LogP contribution in [0.3, 0.4) is 0 Å². The first-order valence-electron chi connectivity index (χ1n) is 2.15. The Hall–Kier alpha value is -0.765. The molecule has 0 aromatic rings. The standard InChI is InChI=1S/C6H7B/c1-3-4-5-6-7-2/h3-4H,2H2,1H3. The van der Waals surface area contributed by atoms with Crippen LogP contribution in [0, 0.1) is 11.7 Å². The molecule has 0 saturated carbocycles. The Morgan fingerprint density at radius 2 is 2.43 bits per heavy atom. The van der Waals surface area contributed by atoms with Crippen LogP contribution in [0.5, 0.6) is 0 Å². The van der Waals surface area contributed by atoms with Gasteiger partial charge in [0.25, 0.3) is 0 Å². The molecule has 0 unspecified atom stereocenters. The molecule has 0 atom stereocenters. The van der Waals surface area contributed by atoms with Crippen LogP contribution in [-0.2, 0) is 0 Å². The predicted octanol–water partition coefficient (Wildman–Crippen LogP) is 0.660. The predicted molar refractivity (Wildman–Crippen MR) is 35.5 cm³/mol. The van der Waals surface area contributed by atoms with Gasteiger partial charge in [-0.15, -0.1) is 0 Å². The number of rotatable bonds is 0. The third-order valence-electron chi connectivity index (χ3n) is 0.435. The van der Waals surface area contributed by atoms with E-state index in [-0.39, 0.29) is 0 Å². The van der Waals surface area contributed by atoms with Crippen molar-refractivity contribution in [3.05, 3.63) is 12.2 Å². The molecule has 0 aliphatic rings. The van der Waals surface area contributed by atoms with E-state index in [0.717, 1.165) is 0 Å². The molecule has 0 aliphatic heterocycles. The Labute approximate surface area is 45.1 Å². The summed E-state index contributed by atoms with van der Waals surface area (Å²) in [5.74, 6) is 5.41. The monoisotopic (exact) mass is 90.1 g/mol. The molecule has 0 fully saturated rings. The van der Waals surface area contributed by atoms with Crippen LogP contribution in [0.25, 0.3) is 0 Å². The Morgan fingerprint density at radius 3 is 2.86 bits per heavy atom. The topological polar surface area (TPSA) is 0 Å². The maximum absolute atomic E-state index is 3.42. The Balaban J connectivity index is 3.45.